The average molecular weight is 372 g/mol. The fourth-order valence-corrected chi connectivity index (χ4v) is 2.13. The van der Waals surface area contributed by atoms with Gasteiger partial charge in [0.15, 0.2) is 5.82 Å². The first-order chi connectivity index (χ1) is 8.69. The molecule has 4 nitrogen and oxygen atoms in total. The zero-order valence-corrected chi connectivity index (χ0v) is 12.9. The Bertz CT molecular complexity index is 545. The molecule has 1 heterocycles. The summed E-state index contributed by atoms with van der Waals surface area (Å²) in [5.41, 5.74) is 0.937. The zero-order valence-electron chi connectivity index (χ0n) is 9.74. The summed E-state index contributed by atoms with van der Waals surface area (Å²) >= 11 is 6.93. The van der Waals surface area contributed by atoms with Crippen molar-refractivity contribution in [2.75, 3.05) is 17.2 Å². The van der Waals surface area contributed by atoms with Crippen LogP contribution in [0.4, 0.5) is 17.3 Å². The van der Waals surface area contributed by atoms with Crippen molar-refractivity contribution in [3.63, 3.8) is 0 Å². The highest BCUT2D eigenvalue weighted by atomic mass is 79.9. The summed E-state index contributed by atoms with van der Waals surface area (Å²) in [6.45, 7) is 2.84. The van der Waals surface area contributed by atoms with Crippen LogP contribution in [-0.2, 0) is 0 Å². The number of nitrogens with zero attached hydrogens (tertiary/aromatic N) is 2. The molecule has 2 rings (SSSR count). The highest BCUT2D eigenvalue weighted by Crippen LogP contribution is 2.28. The van der Waals surface area contributed by atoms with E-state index in [2.05, 4.69) is 52.5 Å². The Balaban J connectivity index is 2.22. The van der Waals surface area contributed by atoms with Crippen LogP contribution in [0.25, 0.3) is 0 Å². The lowest BCUT2D eigenvalue weighted by Gasteiger charge is -2.09. The monoisotopic (exact) mass is 370 g/mol. The summed E-state index contributed by atoms with van der Waals surface area (Å²) in [7, 11) is 0. The van der Waals surface area contributed by atoms with Crippen molar-refractivity contribution in [1.29, 1.82) is 0 Å². The summed E-state index contributed by atoms with van der Waals surface area (Å²) in [6, 6.07) is 5.91. The van der Waals surface area contributed by atoms with Crippen LogP contribution in [0.5, 0.6) is 0 Å². The van der Waals surface area contributed by atoms with E-state index >= 15 is 0 Å². The van der Waals surface area contributed by atoms with Gasteiger partial charge < -0.3 is 10.6 Å². The third-order valence-electron chi connectivity index (χ3n) is 2.18. The minimum Gasteiger partial charge on any atom is -0.369 e. The van der Waals surface area contributed by atoms with Gasteiger partial charge in [-0.1, -0.05) is 15.9 Å². The molecule has 0 bridgehead atoms. The van der Waals surface area contributed by atoms with E-state index < -0.39 is 0 Å². The quantitative estimate of drug-likeness (QED) is 0.846. The summed E-state index contributed by atoms with van der Waals surface area (Å²) in [4.78, 5) is 8.54. The van der Waals surface area contributed by atoms with Crippen LogP contribution in [0.2, 0.25) is 0 Å². The molecular weight excluding hydrogens is 360 g/mol. The van der Waals surface area contributed by atoms with Gasteiger partial charge in [-0.2, -0.15) is 0 Å². The van der Waals surface area contributed by atoms with Crippen molar-refractivity contribution < 1.29 is 0 Å². The van der Waals surface area contributed by atoms with E-state index in [1.165, 1.54) is 0 Å². The maximum Gasteiger partial charge on any atom is 0.151 e. The molecule has 0 spiro atoms. The lowest BCUT2D eigenvalue weighted by molar-refractivity contribution is 1.12. The van der Waals surface area contributed by atoms with Gasteiger partial charge in [-0.15, -0.1) is 0 Å². The molecule has 6 heteroatoms. The maximum atomic E-state index is 4.41. The van der Waals surface area contributed by atoms with Gasteiger partial charge in [-0.05, 0) is 41.1 Å². The molecule has 94 valence electrons. The molecule has 0 radical (unpaired) electrons. The summed E-state index contributed by atoms with van der Waals surface area (Å²) in [5, 5.41) is 6.35. The van der Waals surface area contributed by atoms with Crippen LogP contribution in [0.3, 0.4) is 0 Å². The van der Waals surface area contributed by atoms with Gasteiger partial charge in [0.1, 0.15) is 5.82 Å². The van der Waals surface area contributed by atoms with E-state index in [1.54, 1.807) is 12.4 Å². The Hall–Kier alpha value is -1.14. The number of anilines is 3. The number of nitrogens with one attached hydrogen (secondary N) is 2. The van der Waals surface area contributed by atoms with Crippen molar-refractivity contribution >= 4 is 49.2 Å². The number of rotatable bonds is 4. The van der Waals surface area contributed by atoms with Crippen molar-refractivity contribution in [3.8, 4) is 0 Å². The number of halogens is 2. The van der Waals surface area contributed by atoms with E-state index in [0.29, 0.717) is 5.82 Å². The Morgan fingerprint density at radius 1 is 1.17 bits per heavy atom. The second-order valence-electron chi connectivity index (χ2n) is 3.57. The molecule has 2 aromatic rings. The fourth-order valence-electron chi connectivity index (χ4n) is 1.42. The third-order valence-corrected chi connectivity index (χ3v) is 3.37. The largest absolute Gasteiger partial charge is 0.369 e. The summed E-state index contributed by atoms with van der Waals surface area (Å²) < 4.78 is 1.98. The van der Waals surface area contributed by atoms with Crippen LogP contribution in [0.1, 0.15) is 6.92 Å². The van der Waals surface area contributed by atoms with Crippen LogP contribution < -0.4 is 10.6 Å². The first kappa shape index (κ1) is 13.3. The molecule has 18 heavy (non-hydrogen) atoms. The van der Waals surface area contributed by atoms with Crippen LogP contribution in [0.15, 0.2) is 39.5 Å². The average Bonchev–Trinajstić information content (AvgIpc) is 2.35. The van der Waals surface area contributed by atoms with Crippen molar-refractivity contribution in [1.82, 2.24) is 9.97 Å². The van der Waals surface area contributed by atoms with Gasteiger partial charge in [-0.25, -0.2) is 4.98 Å². The first-order valence-corrected chi connectivity index (χ1v) is 7.05. The molecule has 0 aliphatic heterocycles. The predicted molar refractivity (Wildman–Crippen MR) is 81.3 cm³/mol. The highest BCUT2D eigenvalue weighted by molar-refractivity contribution is 9.11. The smallest absolute Gasteiger partial charge is 0.151 e. The highest BCUT2D eigenvalue weighted by Gasteiger charge is 2.03. The molecule has 2 N–H and O–H groups in total. The van der Waals surface area contributed by atoms with Crippen molar-refractivity contribution in [2.45, 2.75) is 6.92 Å². The molecule has 0 saturated heterocycles. The Labute approximate surface area is 122 Å². The van der Waals surface area contributed by atoms with Gasteiger partial charge in [-0.3, -0.25) is 4.98 Å². The van der Waals surface area contributed by atoms with Crippen LogP contribution in [-0.4, -0.2) is 16.5 Å². The van der Waals surface area contributed by atoms with E-state index in [4.69, 9.17) is 0 Å². The molecule has 0 aliphatic carbocycles. The fraction of sp³-hybridized carbons (Fsp3) is 0.167. The van der Waals surface area contributed by atoms with E-state index in [-0.39, 0.29) is 0 Å². The Morgan fingerprint density at radius 2 is 1.94 bits per heavy atom. The number of hydrogen-bond donors (Lipinski definition) is 2. The number of benzene rings is 1. The van der Waals surface area contributed by atoms with Gasteiger partial charge in [0, 0.05) is 15.5 Å². The van der Waals surface area contributed by atoms with Gasteiger partial charge in [0.25, 0.3) is 0 Å². The Morgan fingerprint density at radius 3 is 2.72 bits per heavy atom. The lowest BCUT2D eigenvalue weighted by atomic mass is 10.3. The van der Waals surface area contributed by atoms with Crippen LogP contribution >= 0.6 is 31.9 Å². The standard InChI is InChI=1S/C12H12Br2N4/c1-2-16-11-6-15-7-12(18-11)17-10-5-8(13)3-4-9(10)14/h3-7H,2H2,1H3,(H2,16,17,18). The molecule has 0 fully saturated rings. The topological polar surface area (TPSA) is 49.8 Å². The molecular formula is C12H12Br2N4. The lowest BCUT2D eigenvalue weighted by Crippen LogP contribution is -2.02. The molecule has 0 aliphatic rings. The molecule has 0 amide bonds. The molecule has 0 saturated carbocycles. The summed E-state index contributed by atoms with van der Waals surface area (Å²) in [5.74, 6) is 1.46. The third kappa shape index (κ3) is 3.43. The molecule has 1 aromatic carbocycles. The van der Waals surface area contributed by atoms with Gasteiger partial charge in [0.2, 0.25) is 0 Å². The Kier molecular flexibility index (Phi) is 4.54. The van der Waals surface area contributed by atoms with E-state index in [9.17, 15) is 0 Å². The first-order valence-electron chi connectivity index (χ1n) is 5.47. The SMILES string of the molecule is CCNc1cncc(Nc2cc(Br)ccc2Br)n1. The van der Waals surface area contributed by atoms with Gasteiger partial charge in [0.05, 0.1) is 18.1 Å². The van der Waals surface area contributed by atoms with Crippen molar-refractivity contribution in [2.24, 2.45) is 0 Å². The minimum atomic E-state index is 0.701. The number of aromatic nitrogens is 2. The molecule has 1 aromatic heterocycles. The maximum absolute atomic E-state index is 4.41. The minimum absolute atomic E-state index is 0.701. The van der Waals surface area contributed by atoms with E-state index in [1.807, 2.05) is 25.1 Å². The zero-order chi connectivity index (χ0) is 13.0. The van der Waals surface area contributed by atoms with Crippen LogP contribution in [0, 0.1) is 0 Å². The predicted octanol–water partition coefficient (Wildman–Crippen LogP) is 4.18. The van der Waals surface area contributed by atoms with E-state index in [0.717, 1.165) is 27.0 Å². The summed E-state index contributed by atoms with van der Waals surface area (Å²) in [6.07, 6.45) is 3.39. The second-order valence-corrected chi connectivity index (χ2v) is 5.34. The normalized spacial score (nSPS) is 10.2. The van der Waals surface area contributed by atoms with Gasteiger partial charge >= 0.3 is 0 Å². The van der Waals surface area contributed by atoms with Crippen molar-refractivity contribution in [3.05, 3.63) is 39.5 Å². The second kappa shape index (κ2) is 6.15. The number of hydrogen-bond acceptors (Lipinski definition) is 4. The molecule has 0 atom stereocenters. The molecule has 0 unspecified atom stereocenters.